The van der Waals surface area contributed by atoms with E-state index in [2.05, 4.69) is 0 Å². The highest BCUT2D eigenvalue weighted by Crippen LogP contribution is 2.24. The van der Waals surface area contributed by atoms with Crippen LogP contribution in [0.3, 0.4) is 0 Å². The van der Waals surface area contributed by atoms with Crippen molar-refractivity contribution in [3.63, 3.8) is 0 Å². The molecule has 0 aromatic heterocycles. The Hall–Kier alpha value is -0.610. The third kappa shape index (κ3) is 3.19. The molecule has 0 radical (unpaired) electrons. The Morgan fingerprint density at radius 2 is 2.00 bits per heavy atom. The monoisotopic (exact) mass is 246 g/mol. The molecule has 1 atom stereocenters. The van der Waals surface area contributed by atoms with Crippen molar-refractivity contribution < 1.29 is 13.9 Å². The van der Waals surface area contributed by atoms with E-state index in [4.69, 9.17) is 0 Å². The molecule has 4 heteroatoms. The summed E-state index contributed by atoms with van der Waals surface area (Å²) in [4.78, 5) is 0. The Bertz CT molecular complexity index is 355. The molecule has 1 N–H and O–H groups in total. The Morgan fingerprint density at radius 3 is 2.62 bits per heavy atom. The number of aryl methyl sites for hydroxylation is 1. The van der Waals surface area contributed by atoms with Gasteiger partial charge in [0.25, 0.3) is 0 Å². The number of benzene rings is 1. The quantitative estimate of drug-likeness (QED) is 0.803. The maximum atomic E-state index is 13.5. The van der Waals surface area contributed by atoms with Crippen molar-refractivity contribution in [2.45, 2.75) is 26.4 Å². The molecular weight excluding hydrogens is 230 g/mol. The van der Waals surface area contributed by atoms with Gasteiger partial charge in [0.2, 0.25) is 0 Å². The first-order chi connectivity index (χ1) is 7.57. The van der Waals surface area contributed by atoms with Gasteiger partial charge < -0.3 is 5.11 Å². The number of halogens is 2. The number of rotatable bonds is 5. The molecule has 0 fully saturated rings. The third-order valence-electron chi connectivity index (χ3n) is 2.40. The predicted octanol–water partition coefficient (Wildman–Crippen LogP) is 3.45. The molecule has 1 rings (SSSR count). The first-order valence-corrected chi connectivity index (χ1v) is 6.43. The molecular formula is C12H16F2OS. The molecule has 0 saturated carbocycles. The molecule has 1 nitrogen and oxygen atoms in total. The van der Waals surface area contributed by atoms with Gasteiger partial charge in [0.05, 0.1) is 6.10 Å². The molecule has 1 unspecified atom stereocenters. The molecule has 0 aliphatic carbocycles. The van der Waals surface area contributed by atoms with Gasteiger partial charge >= 0.3 is 0 Å². The van der Waals surface area contributed by atoms with Gasteiger partial charge in [-0.05, 0) is 30.4 Å². The molecule has 1 aromatic carbocycles. The third-order valence-corrected chi connectivity index (χ3v) is 3.34. The summed E-state index contributed by atoms with van der Waals surface area (Å²) < 4.78 is 26.7. The smallest absolute Gasteiger partial charge is 0.164 e. The number of thioether (sulfide) groups is 1. The fourth-order valence-electron chi connectivity index (χ4n) is 1.41. The zero-order valence-electron chi connectivity index (χ0n) is 9.46. The summed E-state index contributed by atoms with van der Waals surface area (Å²) in [5.74, 6) is -0.0851. The lowest BCUT2D eigenvalue weighted by Crippen LogP contribution is -2.05. The largest absolute Gasteiger partial charge is 0.388 e. The van der Waals surface area contributed by atoms with Crippen LogP contribution in [0.25, 0.3) is 0 Å². The van der Waals surface area contributed by atoms with Crippen LogP contribution in [0.15, 0.2) is 12.1 Å². The average molecular weight is 246 g/mol. The molecule has 0 saturated heterocycles. The van der Waals surface area contributed by atoms with Crippen LogP contribution in [0.4, 0.5) is 8.78 Å². The minimum atomic E-state index is -0.922. The van der Waals surface area contributed by atoms with Gasteiger partial charge in [-0.2, -0.15) is 11.8 Å². The van der Waals surface area contributed by atoms with Gasteiger partial charge in [-0.25, -0.2) is 8.78 Å². The van der Waals surface area contributed by atoms with Crippen LogP contribution in [-0.2, 0) is 0 Å². The van der Waals surface area contributed by atoms with Crippen LogP contribution in [0.2, 0.25) is 0 Å². The van der Waals surface area contributed by atoms with Crippen LogP contribution in [0.5, 0.6) is 0 Å². The van der Waals surface area contributed by atoms with Gasteiger partial charge in [-0.1, -0.05) is 19.1 Å². The minimum Gasteiger partial charge on any atom is -0.388 e. The van der Waals surface area contributed by atoms with Crippen LogP contribution in [0.1, 0.15) is 30.6 Å². The summed E-state index contributed by atoms with van der Waals surface area (Å²) in [6.45, 7) is 3.52. The van der Waals surface area contributed by atoms with Crippen LogP contribution >= 0.6 is 11.8 Å². The highest BCUT2D eigenvalue weighted by Gasteiger charge is 2.17. The first-order valence-electron chi connectivity index (χ1n) is 5.28. The van der Waals surface area contributed by atoms with E-state index in [1.165, 1.54) is 19.1 Å². The van der Waals surface area contributed by atoms with Crippen molar-refractivity contribution in [2.75, 3.05) is 11.5 Å². The summed E-state index contributed by atoms with van der Waals surface area (Å²) in [5.41, 5.74) is 0.316. The molecule has 1 aromatic rings. The van der Waals surface area contributed by atoms with E-state index in [1.54, 1.807) is 11.8 Å². The van der Waals surface area contributed by atoms with Crippen molar-refractivity contribution >= 4 is 11.8 Å². The minimum absolute atomic E-state index is 0.0554. The van der Waals surface area contributed by atoms with Crippen LogP contribution in [0, 0.1) is 18.6 Å². The van der Waals surface area contributed by atoms with E-state index in [-0.39, 0.29) is 11.1 Å². The topological polar surface area (TPSA) is 20.2 Å². The Kier molecular flexibility index (Phi) is 5.22. The van der Waals surface area contributed by atoms with Gasteiger partial charge in [0, 0.05) is 5.56 Å². The Labute approximate surface area is 98.9 Å². The van der Waals surface area contributed by atoms with Crippen molar-refractivity contribution in [2.24, 2.45) is 0 Å². The lowest BCUT2D eigenvalue weighted by molar-refractivity contribution is 0.169. The SMILES string of the molecule is CCSCCC(O)c1ccc(C)c(F)c1F. The van der Waals surface area contributed by atoms with Gasteiger partial charge in [-0.3, -0.25) is 0 Å². The van der Waals surface area contributed by atoms with Crippen molar-refractivity contribution in [1.82, 2.24) is 0 Å². The average Bonchev–Trinajstić information content (AvgIpc) is 2.26. The molecule has 0 amide bonds. The maximum Gasteiger partial charge on any atom is 0.164 e. The second kappa shape index (κ2) is 6.21. The summed E-state index contributed by atoms with van der Waals surface area (Å²) in [6.07, 6.45) is -0.480. The van der Waals surface area contributed by atoms with E-state index >= 15 is 0 Å². The predicted molar refractivity (Wildman–Crippen MR) is 63.7 cm³/mol. The van der Waals surface area contributed by atoms with Crippen molar-refractivity contribution in [1.29, 1.82) is 0 Å². The van der Waals surface area contributed by atoms with Crippen LogP contribution in [-0.4, -0.2) is 16.6 Å². The number of hydrogen-bond donors (Lipinski definition) is 1. The highest BCUT2D eigenvalue weighted by molar-refractivity contribution is 7.99. The van der Waals surface area contributed by atoms with Crippen molar-refractivity contribution in [3.05, 3.63) is 34.9 Å². The van der Waals surface area contributed by atoms with E-state index in [0.29, 0.717) is 6.42 Å². The summed E-state index contributed by atoms with van der Waals surface area (Å²) in [5, 5.41) is 9.72. The standard InChI is InChI=1S/C12H16F2OS/c1-3-16-7-6-10(15)9-5-4-8(2)11(13)12(9)14/h4-5,10,15H,3,6-7H2,1-2H3. The maximum absolute atomic E-state index is 13.5. The Balaban J connectivity index is 2.76. The lowest BCUT2D eigenvalue weighted by Gasteiger charge is -2.12. The van der Waals surface area contributed by atoms with Gasteiger partial charge in [0.1, 0.15) is 0 Å². The zero-order chi connectivity index (χ0) is 12.1. The van der Waals surface area contributed by atoms with E-state index < -0.39 is 17.7 Å². The van der Waals surface area contributed by atoms with E-state index in [9.17, 15) is 13.9 Å². The normalized spacial score (nSPS) is 12.8. The first kappa shape index (κ1) is 13.5. The lowest BCUT2D eigenvalue weighted by atomic mass is 10.0. The summed E-state index contributed by atoms with van der Waals surface area (Å²) in [6, 6.07) is 2.94. The van der Waals surface area contributed by atoms with Gasteiger partial charge in [-0.15, -0.1) is 0 Å². The molecule has 0 spiro atoms. The zero-order valence-corrected chi connectivity index (χ0v) is 10.3. The summed E-state index contributed by atoms with van der Waals surface area (Å²) >= 11 is 1.67. The molecule has 16 heavy (non-hydrogen) atoms. The highest BCUT2D eigenvalue weighted by atomic mass is 32.2. The summed E-state index contributed by atoms with van der Waals surface area (Å²) in [7, 11) is 0. The van der Waals surface area contributed by atoms with Crippen molar-refractivity contribution in [3.8, 4) is 0 Å². The second-order valence-corrected chi connectivity index (χ2v) is 4.99. The van der Waals surface area contributed by atoms with E-state index in [1.807, 2.05) is 6.92 Å². The van der Waals surface area contributed by atoms with Gasteiger partial charge in [0.15, 0.2) is 11.6 Å². The fraction of sp³-hybridized carbons (Fsp3) is 0.500. The Morgan fingerprint density at radius 1 is 1.31 bits per heavy atom. The molecule has 90 valence electrons. The fourth-order valence-corrected chi connectivity index (χ4v) is 2.09. The molecule has 0 heterocycles. The number of aliphatic hydroxyl groups excluding tert-OH is 1. The van der Waals surface area contributed by atoms with E-state index in [0.717, 1.165) is 11.5 Å². The number of aliphatic hydroxyl groups is 1. The molecule has 0 bridgehead atoms. The number of hydrogen-bond acceptors (Lipinski definition) is 2. The second-order valence-electron chi connectivity index (χ2n) is 3.60. The molecule has 0 aliphatic heterocycles. The van der Waals surface area contributed by atoms with Crippen LogP contribution < -0.4 is 0 Å². The molecule has 0 aliphatic rings.